The third-order valence-corrected chi connectivity index (χ3v) is 4.57. The van der Waals surface area contributed by atoms with Crippen molar-refractivity contribution in [2.45, 2.75) is 39.7 Å². The quantitative estimate of drug-likeness (QED) is 0.944. The topological polar surface area (TPSA) is 58.4 Å². The maximum absolute atomic E-state index is 13.1. The molecule has 1 aromatic carbocycles. The Morgan fingerprint density at radius 1 is 1.35 bits per heavy atom. The van der Waals surface area contributed by atoms with E-state index in [1.165, 1.54) is 0 Å². The van der Waals surface area contributed by atoms with Crippen LogP contribution in [-0.4, -0.2) is 33.9 Å². The number of aliphatic hydroxyl groups excluding tert-OH is 1. The molecule has 23 heavy (non-hydrogen) atoms. The van der Waals surface area contributed by atoms with E-state index in [0.29, 0.717) is 12.1 Å². The van der Waals surface area contributed by atoms with Gasteiger partial charge in [-0.3, -0.25) is 9.48 Å². The molecule has 2 aromatic rings. The molecule has 2 heterocycles. The van der Waals surface area contributed by atoms with Crippen LogP contribution in [0.5, 0.6) is 0 Å². The molecule has 1 N–H and O–H groups in total. The smallest absolute Gasteiger partial charge is 0.262 e. The molecule has 3 rings (SSSR count). The van der Waals surface area contributed by atoms with Gasteiger partial charge in [-0.05, 0) is 31.9 Å². The van der Waals surface area contributed by atoms with Crippen molar-refractivity contribution >= 4 is 11.6 Å². The molecule has 5 nitrogen and oxygen atoms in total. The summed E-state index contributed by atoms with van der Waals surface area (Å²) in [6.07, 6.45) is 0.981. The molecule has 0 radical (unpaired) electrons. The fraction of sp³-hybridized carbons (Fsp3) is 0.444. The van der Waals surface area contributed by atoms with E-state index in [2.05, 4.69) is 12.0 Å². The van der Waals surface area contributed by atoms with Gasteiger partial charge >= 0.3 is 0 Å². The Hall–Kier alpha value is -2.14. The zero-order chi connectivity index (χ0) is 16.6. The minimum atomic E-state index is -0.0225. The van der Waals surface area contributed by atoms with Gasteiger partial charge in [-0.15, -0.1) is 0 Å². The van der Waals surface area contributed by atoms with E-state index in [4.69, 9.17) is 0 Å². The van der Waals surface area contributed by atoms with Crippen molar-refractivity contribution < 1.29 is 9.90 Å². The summed E-state index contributed by atoms with van der Waals surface area (Å²) < 4.78 is 1.91. The highest BCUT2D eigenvalue weighted by molar-refractivity contribution is 6.08. The number of anilines is 1. The lowest BCUT2D eigenvalue weighted by Gasteiger charge is -2.18. The van der Waals surface area contributed by atoms with Crippen molar-refractivity contribution in [1.29, 1.82) is 0 Å². The van der Waals surface area contributed by atoms with E-state index in [9.17, 15) is 9.90 Å². The Morgan fingerprint density at radius 2 is 2.09 bits per heavy atom. The molecule has 1 atom stereocenters. The number of hydrogen-bond donors (Lipinski definition) is 1. The van der Waals surface area contributed by atoms with Gasteiger partial charge in [-0.1, -0.05) is 25.1 Å². The molecule has 1 aliphatic heterocycles. The summed E-state index contributed by atoms with van der Waals surface area (Å²) in [5, 5.41) is 14.1. The van der Waals surface area contributed by atoms with Crippen LogP contribution in [0.25, 0.3) is 0 Å². The summed E-state index contributed by atoms with van der Waals surface area (Å²) >= 11 is 0. The molecule has 5 heteroatoms. The number of benzene rings is 1. The summed E-state index contributed by atoms with van der Waals surface area (Å²) in [5.41, 5.74) is 4.31. The number of para-hydroxylation sites is 1. The van der Waals surface area contributed by atoms with Crippen LogP contribution in [0, 0.1) is 13.8 Å². The largest absolute Gasteiger partial charge is 0.396 e. The Bertz CT molecular complexity index is 736. The standard InChI is InChI=1S/C18H23N3O2/c1-4-9-21-13(3)17(12(2)19-21)18(23)20-10-14(11-22)15-7-5-6-8-16(15)20/h5-8,14,22H,4,9-11H2,1-3H3. The highest BCUT2D eigenvalue weighted by Crippen LogP contribution is 2.37. The molecular weight excluding hydrogens is 290 g/mol. The highest BCUT2D eigenvalue weighted by atomic mass is 16.3. The number of aromatic nitrogens is 2. The Labute approximate surface area is 136 Å². The average molecular weight is 313 g/mol. The lowest BCUT2D eigenvalue weighted by Crippen LogP contribution is -2.31. The predicted octanol–water partition coefficient (Wildman–Crippen LogP) is 2.65. The summed E-state index contributed by atoms with van der Waals surface area (Å²) in [7, 11) is 0. The lowest BCUT2D eigenvalue weighted by atomic mass is 10.0. The molecule has 1 aliphatic rings. The fourth-order valence-corrected chi connectivity index (χ4v) is 3.41. The van der Waals surface area contributed by atoms with Crippen LogP contribution in [0.4, 0.5) is 5.69 Å². The van der Waals surface area contributed by atoms with E-state index >= 15 is 0 Å². The molecule has 1 aromatic heterocycles. The number of nitrogens with zero attached hydrogens (tertiary/aromatic N) is 3. The maximum Gasteiger partial charge on any atom is 0.262 e. The van der Waals surface area contributed by atoms with Crippen molar-refractivity contribution in [3.05, 3.63) is 46.8 Å². The molecule has 1 unspecified atom stereocenters. The first kappa shape index (κ1) is 15.7. The lowest BCUT2D eigenvalue weighted by molar-refractivity contribution is 0.0985. The summed E-state index contributed by atoms with van der Waals surface area (Å²) in [6.45, 7) is 7.32. The van der Waals surface area contributed by atoms with Crippen LogP contribution in [0.2, 0.25) is 0 Å². The SMILES string of the molecule is CCCn1nc(C)c(C(=O)N2CC(CO)c3ccccc32)c1C. The molecule has 1 amide bonds. The van der Waals surface area contributed by atoms with Gasteiger partial charge in [0, 0.05) is 30.4 Å². The first-order valence-electron chi connectivity index (χ1n) is 8.14. The number of carbonyl (C=O) groups is 1. The van der Waals surface area contributed by atoms with Crippen LogP contribution in [-0.2, 0) is 6.54 Å². The van der Waals surface area contributed by atoms with Crippen LogP contribution < -0.4 is 4.90 Å². The van der Waals surface area contributed by atoms with Gasteiger partial charge in [-0.25, -0.2) is 0 Å². The second-order valence-corrected chi connectivity index (χ2v) is 6.12. The first-order valence-corrected chi connectivity index (χ1v) is 8.14. The van der Waals surface area contributed by atoms with E-state index in [0.717, 1.165) is 35.6 Å². The van der Waals surface area contributed by atoms with Crippen molar-refractivity contribution in [2.24, 2.45) is 0 Å². The average Bonchev–Trinajstić information content (AvgIpc) is 3.05. The summed E-state index contributed by atoms with van der Waals surface area (Å²) in [4.78, 5) is 14.9. The van der Waals surface area contributed by atoms with E-state index in [-0.39, 0.29) is 18.4 Å². The third kappa shape index (κ3) is 2.55. The Morgan fingerprint density at radius 3 is 2.78 bits per heavy atom. The van der Waals surface area contributed by atoms with Gasteiger partial charge in [0.25, 0.3) is 5.91 Å². The van der Waals surface area contributed by atoms with Gasteiger partial charge in [0.2, 0.25) is 0 Å². The first-order chi connectivity index (χ1) is 11.1. The normalized spacial score (nSPS) is 16.7. The van der Waals surface area contributed by atoms with Crippen molar-refractivity contribution in [1.82, 2.24) is 9.78 Å². The molecule has 0 aliphatic carbocycles. The third-order valence-electron chi connectivity index (χ3n) is 4.57. The van der Waals surface area contributed by atoms with Gasteiger partial charge in [0.05, 0.1) is 17.9 Å². The van der Waals surface area contributed by atoms with Crippen LogP contribution in [0.3, 0.4) is 0 Å². The zero-order valence-electron chi connectivity index (χ0n) is 13.9. The molecular formula is C18H23N3O2. The van der Waals surface area contributed by atoms with Gasteiger partial charge in [0.15, 0.2) is 0 Å². The monoisotopic (exact) mass is 313 g/mol. The van der Waals surface area contributed by atoms with Crippen molar-refractivity contribution in [3.63, 3.8) is 0 Å². The molecule has 0 saturated carbocycles. The van der Waals surface area contributed by atoms with Crippen LogP contribution in [0.15, 0.2) is 24.3 Å². The Balaban J connectivity index is 1.99. The molecule has 122 valence electrons. The summed E-state index contributed by atoms with van der Waals surface area (Å²) in [5.74, 6) is -0.0350. The number of rotatable bonds is 4. The van der Waals surface area contributed by atoms with Crippen LogP contribution in [0.1, 0.15) is 46.6 Å². The predicted molar refractivity (Wildman–Crippen MR) is 89.9 cm³/mol. The number of aryl methyl sites for hydroxylation is 2. The second kappa shape index (κ2) is 6.16. The van der Waals surface area contributed by atoms with E-state index in [1.54, 1.807) is 4.90 Å². The van der Waals surface area contributed by atoms with E-state index < -0.39 is 0 Å². The van der Waals surface area contributed by atoms with Gasteiger partial charge < -0.3 is 10.0 Å². The van der Waals surface area contributed by atoms with Gasteiger partial charge in [0.1, 0.15) is 0 Å². The fourth-order valence-electron chi connectivity index (χ4n) is 3.41. The molecule has 0 saturated heterocycles. The number of fused-ring (bicyclic) bond motifs is 1. The molecule has 0 fully saturated rings. The number of aliphatic hydroxyl groups is 1. The molecule has 0 spiro atoms. The highest BCUT2D eigenvalue weighted by Gasteiger charge is 2.34. The Kier molecular flexibility index (Phi) is 4.22. The molecule has 0 bridgehead atoms. The summed E-state index contributed by atoms with van der Waals surface area (Å²) in [6, 6.07) is 7.82. The zero-order valence-corrected chi connectivity index (χ0v) is 13.9. The van der Waals surface area contributed by atoms with Crippen molar-refractivity contribution in [2.75, 3.05) is 18.1 Å². The minimum absolute atomic E-state index is 0.0125. The van der Waals surface area contributed by atoms with E-state index in [1.807, 2.05) is 42.8 Å². The number of hydrogen-bond acceptors (Lipinski definition) is 3. The second-order valence-electron chi connectivity index (χ2n) is 6.12. The van der Waals surface area contributed by atoms with Crippen molar-refractivity contribution in [3.8, 4) is 0 Å². The number of amides is 1. The van der Waals surface area contributed by atoms with Crippen LogP contribution >= 0.6 is 0 Å². The number of carbonyl (C=O) groups excluding carboxylic acids is 1. The minimum Gasteiger partial charge on any atom is -0.396 e. The maximum atomic E-state index is 13.1. The van der Waals surface area contributed by atoms with Gasteiger partial charge in [-0.2, -0.15) is 5.10 Å².